The molecule has 0 spiro atoms. The second kappa shape index (κ2) is 4.51. The molecule has 1 aromatic rings. The van der Waals surface area contributed by atoms with Gasteiger partial charge in [-0.3, -0.25) is 0 Å². The highest BCUT2D eigenvalue weighted by atomic mass is 16.5. The molecule has 4 nitrogen and oxygen atoms in total. The van der Waals surface area contributed by atoms with Gasteiger partial charge >= 0.3 is 5.97 Å². The Bertz CT molecular complexity index is 392. The van der Waals surface area contributed by atoms with E-state index in [1.54, 1.807) is 12.3 Å². The van der Waals surface area contributed by atoms with Crippen LogP contribution in [0.5, 0.6) is 5.88 Å². The summed E-state index contributed by atoms with van der Waals surface area (Å²) in [6.45, 7) is 2.76. The second-order valence-corrected chi connectivity index (χ2v) is 4.29. The van der Waals surface area contributed by atoms with Crippen LogP contribution in [0, 0.1) is 11.8 Å². The highest BCUT2D eigenvalue weighted by Crippen LogP contribution is 2.33. The molecular weight excluding hydrogens is 206 g/mol. The summed E-state index contributed by atoms with van der Waals surface area (Å²) in [6.07, 6.45) is 3.95. The molecule has 0 saturated heterocycles. The average Bonchev–Trinajstić information content (AvgIpc) is 2.27. The lowest BCUT2D eigenvalue weighted by Gasteiger charge is -2.33. The molecule has 0 aliphatic heterocycles. The van der Waals surface area contributed by atoms with Gasteiger partial charge in [-0.15, -0.1) is 0 Å². The smallest absolute Gasteiger partial charge is 0.341 e. The van der Waals surface area contributed by atoms with Crippen LogP contribution >= 0.6 is 0 Å². The number of ether oxygens (including phenoxy) is 1. The lowest BCUT2D eigenvalue weighted by atomic mass is 9.75. The predicted octanol–water partition coefficient (Wildman–Crippen LogP) is 2.20. The number of nitrogens with zero attached hydrogens (tertiary/aromatic N) is 1. The van der Waals surface area contributed by atoms with Gasteiger partial charge in [-0.05, 0) is 36.8 Å². The van der Waals surface area contributed by atoms with Crippen molar-refractivity contribution in [2.75, 3.05) is 6.61 Å². The van der Waals surface area contributed by atoms with Crippen molar-refractivity contribution in [3.63, 3.8) is 0 Å². The van der Waals surface area contributed by atoms with Gasteiger partial charge in [-0.25, -0.2) is 9.78 Å². The van der Waals surface area contributed by atoms with Crippen molar-refractivity contribution in [3.05, 3.63) is 23.9 Å². The normalized spacial score (nSPS) is 23.6. The van der Waals surface area contributed by atoms with E-state index in [-0.39, 0.29) is 11.4 Å². The number of rotatable bonds is 4. The van der Waals surface area contributed by atoms with Crippen molar-refractivity contribution in [1.29, 1.82) is 0 Å². The zero-order chi connectivity index (χ0) is 11.5. The van der Waals surface area contributed by atoms with Crippen molar-refractivity contribution in [2.24, 2.45) is 11.8 Å². The Kier molecular flexibility index (Phi) is 3.08. The van der Waals surface area contributed by atoms with Gasteiger partial charge in [-0.2, -0.15) is 0 Å². The first-order valence-corrected chi connectivity index (χ1v) is 5.49. The molecule has 86 valence electrons. The Morgan fingerprint density at radius 3 is 3.00 bits per heavy atom. The zero-order valence-electron chi connectivity index (χ0n) is 9.22. The largest absolute Gasteiger partial charge is 0.477 e. The second-order valence-electron chi connectivity index (χ2n) is 4.29. The van der Waals surface area contributed by atoms with Crippen LogP contribution < -0.4 is 4.74 Å². The molecule has 0 amide bonds. The number of aromatic nitrogens is 1. The van der Waals surface area contributed by atoms with Gasteiger partial charge in [0.15, 0.2) is 0 Å². The summed E-state index contributed by atoms with van der Waals surface area (Å²) < 4.78 is 5.48. The zero-order valence-corrected chi connectivity index (χ0v) is 9.22. The molecule has 16 heavy (non-hydrogen) atoms. The number of carbonyl (C=O) groups is 1. The SMILES string of the molecule is C[C@H]1CC[C@@H]1COc1ncccc1C(=O)O. The summed E-state index contributed by atoms with van der Waals surface area (Å²) in [7, 11) is 0. The molecule has 1 aliphatic carbocycles. The minimum atomic E-state index is -0.996. The molecule has 1 fully saturated rings. The van der Waals surface area contributed by atoms with Gasteiger partial charge in [0, 0.05) is 6.20 Å². The molecule has 1 aromatic heterocycles. The standard InChI is InChI=1S/C12H15NO3/c1-8-4-5-9(8)7-16-11-10(12(14)15)3-2-6-13-11/h2-3,6,8-9H,4-5,7H2,1H3,(H,14,15)/t8-,9+/m0/s1. The maximum absolute atomic E-state index is 10.9. The predicted molar refractivity (Wildman–Crippen MR) is 58.6 cm³/mol. The van der Waals surface area contributed by atoms with Gasteiger partial charge in [0.25, 0.3) is 0 Å². The molecule has 2 rings (SSSR count). The van der Waals surface area contributed by atoms with Crippen LogP contribution in [0.3, 0.4) is 0 Å². The van der Waals surface area contributed by atoms with Gasteiger partial charge in [0.1, 0.15) is 5.56 Å². The molecule has 0 unspecified atom stereocenters. The van der Waals surface area contributed by atoms with Crippen LogP contribution in [0.2, 0.25) is 0 Å². The molecule has 1 heterocycles. The van der Waals surface area contributed by atoms with E-state index in [4.69, 9.17) is 9.84 Å². The first-order chi connectivity index (χ1) is 7.68. The molecule has 1 N–H and O–H groups in total. The molecule has 0 bridgehead atoms. The maximum atomic E-state index is 10.9. The quantitative estimate of drug-likeness (QED) is 0.846. The Morgan fingerprint density at radius 2 is 2.44 bits per heavy atom. The number of carboxylic acid groups (broad SMARTS) is 1. The average molecular weight is 221 g/mol. The van der Waals surface area contributed by atoms with Gasteiger partial charge < -0.3 is 9.84 Å². The third-order valence-corrected chi connectivity index (χ3v) is 3.23. The molecule has 0 radical (unpaired) electrons. The Hall–Kier alpha value is -1.58. The van der Waals surface area contributed by atoms with Crippen molar-refractivity contribution >= 4 is 5.97 Å². The van der Waals surface area contributed by atoms with Gasteiger partial charge in [-0.1, -0.05) is 6.92 Å². The first kappa shape index (κ1) is 10.9. The summed E-state index contributed by atoms with van der Waals surface area (Å²) in [5, 5.41) is 8.93. The molecule has 0 aromatic carbocycles. The van der Waals surface area contributed by atoms with Crippen molar-refractivity contribution in [3.8, 4) is 5.88 Å². The highest BCUT2D eigenvalue weighted by molar-refractivity contribution is 5.90. The van der Waals surface area contributed by atoms with Crippen LogP contribution in [0.1, 0.15) is 30.1 Å². The Balaban J connectivity index is 2.00. The summed E-state index contributed by atoms with van der Waals surface area (Å²) in [5.74, 6) is 0.458. The van der Waals surface area contributed by atoms with E-state index in [1.807, 2.05) is 0 Å². The fourth-order valence-corrected chi connectivity index (χ4v) is 1.84. The van der Waals surface area contributed by atoms with Crippen LogP contribution in [0.15, 0.2) is 18.3 Å². The van der Waals surface area contributed by atoms with Crippen LogP contribution in [0.4, 0.5) is 0 Å². The summed E-state index contributed by atoms with van der Waals surface area (Å²) in [4.78, 5) is 14.8. The number of pyridine rings is 1. The van der Waals surface area contributed by atoms with E-state index >= 15 is 0 Å². The molecule has 2 atom stereocenters. The van der Waals surface area contributed by atoms with Crippen LogP contribution in [0.25, 0.3) is 0 Å². The van der Waals surface area contributed by atoms with Crippen LogP contribution in [-0.2, 0) is 0 Å². The van der Waals surface area contributed by atoms with E-state index in [0.717, 1.165) is 6.42 Å². The fourth-order valence-electron chi connectivity index (χ4n) is 1.84. The minimum Gasteiger partial charge on any atom is -0.477 e. The maximum Gasteiger partial charge on any atom is 0.341 e. The lowest BCUT2D eigenvalue weighted by molar-refractivity contribution is 0.0683. The van der Waals surface area contributed by atoms with Crippen molar-refractivity contribution in [2.45, 2.75) is 19.8 Å². The summed E-state index contributed by atoms with van der Waals surface area (Å²) >= 11 is 0. The minimum absolute atomic E-state index is 0.134. The van der Waals surface area contributed by atoms with Gasteiger partial charge in [0.05, 0.1) is 6.61 Å². The summed E-state index contributed by atoms with van der Waals surface area (Å²) in [5.41, 5.74) is 0.134. The van der Waals surface area contributed by atoms with E-state index in [0.29, 0.717) is 18.4 Å². The van der Waals surface area contributed by atoms with Crippen molar-refractivity contribution < 1.29 is 14.6 Å². The Labute approximate surface area is 94.3 Å². The molecular formula is C12H15NO3. The van der Waals surface area contributed by atoms with Crippen molar-refractivity contribution in [1.82, 2.24) is 4.98 Å². The van der Waals surface area contributed by atoms with Crippen LogP contribution in [-0.4, -0.2) is 22.7 Å². The third kappa shape index (κ3) is 2.15. The topological polar surface area (TPSA) is 59.4 Å². The first-order valence-electron chi connectivity index (χ1n) is 5.49. The third-order valence-electron chi connectivity index (χ3n) is 3.23. The molecule has 1 saturated carbocycles. The van der Waals surface area contributed by atoms with E-state index < -0.39 is 5.97 Å². The number of carboxylic acids is 1. The van der Waals surface area contributed by atoms with E-state index in [1.165, 1.54) is 12.5 Å². The molecule has 1 aliphatic rings. The monoisotopic (exact) mass is 221 g/mol. The number of hydrogen-bond donors (Lipinski definition) is 1. The van der Waals surface area contributed by atoms with E-state index in [2.05, 4.69) is 11.9 Å². The molecule has 4 heteroatoms. The Morgan fingerprint density at radius 1 is 1.62 bits per heavy atom. The highest BCUT2D eigenvalue weighted by Gasteiger charge is 2.27. The number of hydrogen-bond acceptors (Lipinski definition) is 3. The lowest BCUT2D eigenvalue weighted by Crippen LogP contribution is -2.29. The van der Waals surface area contributed by atoms with Gasteiger partial charge in [0.2, 0.25) is 5.88 Å². The number of aromatic carboxylic acids is 1. The van der Waals surface area contributed by atoms with E-state index in [9.17, 15) is 4.79 Å². The summed E-state index contributed by atoms with van der Waals surface area (Å²) in [6, 6.07) is 3.11. The fraction of sp³-hybridized carbons (Fsp3) is 0.500.